The molecule has 0 fully saturated rings. The van der Waals surface area contributed by atoms with Crippen LogP contribution in [-0.2, 0) is 6.54 Å². The van der Waals surface area contributed by atoms with Crippen molar-refractivity contribution in [1.29, 1.82) is 0 Å². The van der Waals surface area contributed by atoms with Gasteiger partial charge in [-0.25, -0.2) is 4.98 Å². The predicted molar refractivity (Wildman–Crippen MR) is 89.1 cm³/mol. The molecule has 0 radical (unpaired) electrons. The van der Waals surface area contributed by atoms with Gasteiger partial charge in [-0.1, -0.05) is 56.4 Å². The molecule has 1 aromatic heterocycles. The molecule has 0 amide bonds. The third-order valence-corrected chi connectivity index (χ3v) is 4.35. The van der Waals surface area contributed by atoms with Crippen molar-refractivity contribution < 1.29 is 0 Å². The summed E-state index contributed by atoms with van der Waals surface area (Å²) in [6.07, 6.45) is 8.09. The normalized spacial score (nSPS) is 11.2. The van der Waals surface area contributed by atoms with Crippen LogP contribution >= 0.6 is 11.3 Å². The fraction of sp³-hybridized carbons (Fsp3) is 0.562. The van der Waals surface area contributed by atoms with Crippen molar-refractivity contribution in [1.82, 2.24) is 10.3 Å². The summed E-state index contributed by atoms with van der Waals surface area (Å²) in [5.41, 5.74) is 8.04. The minimum absolute atomic E-state index is 0.650. The fourth-order valence-corrected chi connectivity index (χ4v) is 3.16. The van der Waals surface area contributed by atoms with E-state index in [1.165, 1.54) is 48.8 Å². The van der Waals surface area contributed by atoms with Gasteiger partial charge in [0.1, 0.15) is 0 Å². The number of nitrogens with one attached hydrogen (secondary N) is 1. The number of fused-ring (bicyclic) bond motifs is 1. The van der Waals surface area contributed by atoms with Crippen molar-refractivity contribution in [3.8, 4) is 0 Å². The lowest BCUT2D eigenvalue weighted by Crippen LogP contribution is -2.14. The molecule has 0 saturated carbocycles. The largest absolute Gasteiger partial charge is 0.375 e. The molecule has 20 heavy (non-hydrogen) atoms. The number of nitrogens with two attached hydrogens (primary N) is 1. The van der Waals surface area contributed by atoms with Gasteiger partial charge in [-0.15, -0.1) is 0 Å². The number of hydrogen-bond acceptors (Lipinski definition) is 4. The van der Waals surface area contributed by atoms with E-state index < -0.39 is 0 Å². The summed E-state index contributed by atoms with van der Waals surface area (Å²) in [6.45, 7) is 4.30. The van der Waals surface area contributed by atoms with Crippen LogP contribution in [0.5, 0.6) is 0 Å². The van der Waals surface area contributed by atoms with Crippen molar-refractivity contribution in [2.24, 2.45) is 0 Å². The zero-order valence-corrected chi connectivity index (χ0v) is 13.1. The number of benzene rings is 1. The van der Waals surface area contributed by atoms with Gasteiger partial charge in [0.05, 0.1) is 10.2 Å². The molecule has 110 valence electrons. The molecule has 1 heterocycles. The second kappa shape index (κ2) is 8.22. The third kappa shape index (κ3) is 4.76. The molecule has 0 aliphatic heterocycles. The van der Waals surface area contributed by atoms with Gasteiger partial charge in [-0.3, -0.25) is 0 Å². The standard InChI is InChI=1S/C16H25N3S/c1-2-3-4-5-6-7-10-18-12-13-8-9-14-15(11-13)20-16(17)19-14/h8-9,11,18H,2-7,10,12H2,1H3,(H2,17,19). The Kier molecular flexibility index (Phi) is 6.27. The van der Waals surface area contributed by atoms with Crippen LogP contribution in [0.15, 0.2) is 18.2 Å². The van der Waals surface area contributed by atoms with Gasteiger partial charge < -0.3 is 11.1 Å². The van der Waals surface area contributed by atoms with E-state index in [2.05, 4.69) is 35.4 Å². The van der Waals surface area contributed by atoms with E-state index in [4.69, 9.17) is 5.73 Å². The first kappa shape index (κ1) is 15.3. The molecule has 0 aliphatic carbocycles. The SMILES string of the molecule is CCCCCCCCNCc1ccc2nc(N)sc2c1. The monoisotopic (exact) mass is 291 g/mol. The Labute approximate surface area is 125 Å². The van der Waals surface area contributed by atoms with Crippen LogP contribution in [-0.4, -0.2) is 11.5 Å². The van der Waals surface area contributed by atoms with Crippen LogP contribution in [0, 0.1) is 0 Å². The van der Waals surface area contributed by atoms with Crippen LogP contribution in [0.2, 0.25) is 0 Å². The van der Waals surface area contributed by atoms with Crippen molar-refractivity contribution >= 4 is 26.7 Å². The molecule has 2 aromatic rings. The Bertz CT molecular complexity index is 521. The number of hydrogen-bond donors (Lipinski definition) is 2. The average Bonchev–Trinajstić information content (AvgIpc) is 2.81. The Hall–Kier alpha value is -1.13. The van der Waals surface area contributed by atoms with Crippen LogP contribution in [0.4, 0.5) is 5.13 Å². The Morgan fingerprint density at radius 3 is 2.80 bits per heavy atom. The first-order chi connectivity index (χ1) is 9.79. The summed E-state index contributed by atoms with van der Waals surface area (Å²) in [5.74, 6) is 0. The summed E-state index contributed by atoms with van der Waals surface area (Å²) in [6, 6.07) is 6.39. The van der Waals surface area contributed by atoms with Gasteiger partial charge >= 0.3 is 0 Å². The Morgan fingerprint density at radius 2 is 1.95 bits per heavy atom. The van der Waals surface area contributed by atoms with E-state index in [0.717, 1.165) is 18.6 Å². The van der Waals surface area contributed by atoms with Crippen molar-refractivity contribution in [3.63, 3.8) is 0 Å². The number of nitrogens with zero attached hydrogens (tertiary/aromatic N) is 1. The van der Waals surface area contributed by atoms with E-state index in [1.807, 2.05) is 0 Å². The van der Waals surface area contributed by atoms with Gasteiger partial charge in [0.2, 0.25) is 0 Å². The molecule has 3 nitrogen and oxygen atoms in total. The molecule has 1 aromatic carbocycles. The van der Waals surface area contributed by atoms with E-state index in [9.17, 15) is 0 Å². The summed E-state index contributed by atoms with van der Waals surface area (Å²) in [5, 5.41) is 4.17. The van der Waals surface area contributed by atoms with Gasteiger partial charge in [0, 0.05) is 6.54 Å². The highest BCUT2D eigenvalue weighted by Crippen LogP contribution is 2.24. The van der Waals surface area contributed by atoms with E-state index in [0.29, 0.717) is 5.13 Å². The second-order valence-electron chi connectivity index (χ2n) is 5.30. The number of unbranched alkanes of at least 4 members (excludes halogenated alkanes) is 5. The molecule has 3 N–H and O–H groups in total. The lowest BCUT2D eigenvalue weighted by Gasteiger charge is -2.05. The molecule has 0 atom stereocenters. The fourth-order valence-electron chi connectivity index (χ4n) is 2.36. The lowest BCUT2D eigenvalue weighted by molar-refractivity contribution is 0.572. The van der Waals surface area contributed by atoms with Gasteiger partial charge in [0.15, 0.2) is 5.13 Å². The Morgan fingerprint density at radius 1 is 1.15 bits per heavy atom. The molecule has 0 saturated heterocycles. The maximum atomic E-state index is 5.72. The predicted octanol–water partition coefficient (Wildman–Crippen LogP) is 4.33. The Balaban J connectivity index is 1.65. The van der Waals surface area contributed by atoms with Crippen LogP contribution < -0.4 is 11.1 Å². The summed E-state index contributed by atoms with van der Waals surface area (Å²) < 4.78 is 1.18. The van der Waals surface area contributed by atoms with Crippen LogP contribution in [0.25, 0.3) is 10.2 Å². The number of nitrogen functional groups attached to an aromatic ring is 1. The van der Waals surface area contributed by atoms with E-state index in [-0.39, 0.29) is 0 Å². The van der Waals surface area contributed by atoms with E-state index in [1.54, 1.807) is 11.3 Å². The molecule has 0 spiro atoms. The average molecular weight is 291 g/mol. The molecule has 2 rings (SSSR count). The minimum atomic E-state index is 0.650. The van der Waals surface area contributed by atoms with Crippen molar-refractivity contribution in [2.45, 2.75) is 52.0 Å². The highest BCUT2D eigenvalue weighted by atomic mass is 32.1. The second-order valence-corrected chi connectivity index (χ2v) is 6.36. The summed E-state index contributed by atoms with van der Waals surface area (Å²) in [4.78, 5) is 4.28. The van der Waals surface area contributed by atoms with E-state index >= 15 is 0 Å². The maximum Gasteiger partial charge on any atom is 0.181 e. The molecular weight excluding hydrogens is 266 g/mol. The molecular formula is C16H25N3S. The van der Waals surface area contributed by atoms with Gasteiger partial charge in [-0.2, -0.15) is 0 Å². The van der Waals surface area contributed by atoms with Crippen LogP contribution in [0.3, 0.4) is 0 Å². The molecule has 0 aliphatic rings. The first-order valence-corrected chi connectivity index (χ1v) is 8.47. The summed E-state index contributed by atoms with van der Waals surface area (Å²) in [7, 11) is 0. The zero-order chi connectivity index (χ0) is 14.2. The van der Waals surface area contributed by atoms with Gasteiger partial charge in [-0.05, 0) is 30.7 Å². The maximum absolute atomic E-state index is 5.72. The third-order valence-electron chi connectivity index (χ3n) is 3.51. The van der Waals surface area contributed by atoms with Crippen molar-refractivity contribution in [3.05, 3.63) is 23.8 Å². The highest BCUT2D eigenvalue weighted by Gasteiger charge is 2.01. The van der Waals surface area contributed by atoms with Crippen LogP contribution in [0.1, 0.15) is 51.0 Å². The summed E-state index contributed by atoms with van der Waals surface area (Å²) >= 11 is 1.56. The smallest absolute Gasteiger partial charge is 0.181 e. The topological polar surface area (TPSA) is 50.9 Å². The molecule has 0 bridgehead atoms. The number of aromatic nitrogens is 1. The van der Waals surface area contributed by atoms with Crippen molar-refractivity contribution in [2.75, 3.05) is 12.3 Å². The lowest BCUT2D eigenvalue weighted by atomic mass is 10.1. The number of anilines is 1. The minimum Gasteiger partial charge on any atom is -0.375 e. The molecule has 4 heteroatoms. The number of thiazole rings is 1. The quantitative estimate of drug-likeness (QED) is 0.676. The van der Waals surface area contributed by atoms with Gasteiger partial charge in [0.25, 0.3) is 0 Å². The zero-order valence-electron chi connectivity index (χ0n) is 12.3. The molecule has 0 unspecified atom stereocenters. The first-order valence-electron chi connectivity index (χ1n) is 7.65. The number of rotatable bonds is 9. The highest BCUT2D eigenvalue weighted by molar-refractivity contribution is 7.22.